The minimum absolute atomic E-state index is 0.380. The quantitative estimate of drug-likeness (QED) is 0.368. The molecule has 138 valence electrons. The molecule has 2 N–H and O–H groups in total. The Kier molecular flexibility index (Phi) is 10.2. The Labute approximate surface area is 153 Å². The standard InChI is InChI=1S/C20H33N5/c1-6-14-25(15-7-2)19(17(3)4)16-24-20(21-5)23-13-11-18-10-8-9-12-22-18/h6-10,12,17,19H,1-2,11,13-16H2,3-5H3,(H2,21,23,24). The third-order valence-corrected chi connectivity index (χ3v) is 4.07. The van der Waals surface area contributed by atoms with Crippen molar-refractivity contribution < 1.29 is 0 Å². The van der Waals surface area contributed by atoms with Crippen molar-refractivity contribution in [2.45, 2.75) is 26.3 Å². The van der Waals surface area contributed by atoms with Crippen molar-refractivity contribution in [3.05, 3.63) is 55.4 Å². The van der Waals surface area contributed by atoms with Gasteiger partial charge in [0.05, 0.1) is 0 Å². The molecule has 1 aromatic rings. The van der Waals surface area contributed by atoms with Crippen LogP contribution in [0.3, 0.4) is 0 Å². The fourth-order valence-corrected chi connectivity index (χ4v) is 2.74. The van der Waals surface area contributed by atoms with Crippen LogP contribution in [-0.2, 0) is 6.42 Å². The van der Waals surface area contributed by atoms with Crippen LogP contribution in [0.5, 0.6) is 0 Å². The van der Waals surface area contributed by atoms with E-state index in [-0.39, 0.29) is 0 Å². The molecular formula is C20H33N5. The molecule has 1 aromatic heterocycles. The smallest absolute Gasteiger partial charge is 0.191 e. The average Bonchev–Trinajstić information content (AvgIpc) is 2.61. The number of aliphatic imine (C=N–C) groups is 1. The highest BCUT2D eigenvalue weighted by Gasteiger charge is 2.20. The van der Waals surface area contributed by atoms with Gasteiger partial charge in [-0.15, -0.1) is 13.2 Å². The molecule has 0 saturated carbocycles. The molecule has 0 spiro atoms. The van der Waals surface area contributed by atoms with Crippen LogP contribution in [0.2, 0.25) is 0 Å². The van der Waals surface area contributed by atoms with Crippen LogP contribution in [0, 0.1) is 5.92 Å². The number of nitrogens with one attached hydrogen (secondary N) is 2. The number of rotatable bonds is 11. The predicted molar refractivity (Wildman–Crippen MR) is 108 cm³/mol. The molecule has 0 radical (unpaired) electrons. The monoisotopic (exact) mass is 343 g/mol. The molecule has 25 heavy (non-hydrogen) atoms. The van der Waals surface area contributed by atoms with Crippen molar-refractivity contribution in [3.63, 3.8) is 0 Å². The minimum atomic E-state index is 0.380. The van der Waals surface area contributed by atoms with Gasteiger partial charge < -0.3 is 10.6 Å². The highest BCUT2D eigenvalue weighted by atomic mass is 15.2. The normalized spacial score (nSPS) is 12.9. The maximum atomic E-state index is 4.34. The first kappa shape index (κ1) is 20.9. The molecule has 0 fully saturated rings. The van der Waals surface area contributed by atoms with E-state index in [1.165, 1.54) is 0 Å². The van der Waals surface area contributed by atoms with Crippen LogP contribution >= 0.6 is 0 Å². The number of nitrogens with zero attached hydrogens (tertiary/aromatic N) is 3. The molecule has 1 rings (SSSR count). The lowest BCUT2D eigenvalue weighted by molar-refractivity contribution is 0.190. The number of hydrogen-bond donors (Lipinski definition) is 2. The van der Waals surface area contributed by atoms with Gasteiger partial charge in [-0.05, 0) is 18.1 Å². The summed E-state index contributed by atoms with van der Waals surface area (Å²) in [5.41, 5.74) is 1.08. The molecule has 0 aliphatic heterocycles. The van der Waals surface area contributed by atoms with E-state index >= 15 is 0 Å². The van der Waals surface area contributed by atoms with Gasteiger partial charge in [-0.3, -0.25) is 14.9 Å². The Hall–Kier alpha value is -2.14. The molecule has 0 aromatic carbocycles. The second-order valence-electron chi connectivity index (χ2n) is 6.29. The summed E-state index contributed by atoms with van der Waals surface area (Å²) in [6.45, 7) is 15.5. The van der Waals surface area contributed by atoms with Crippen molar-refractivity contribution in [2.75, 3.05) is 33.2 Å². The van der Waals surface area contributed by atoms with E-state index in [0.29, 0.717) is 12.0 Å². The largest absolute Gasteiger partial charge is 0.356 e. The lowest BCUT2D eigenvalue weighted by Gasteiger charge is -2.33. The van der Waals surface area contributed by atoms with Gasteiger partial charge in [-0.25, -0.2) is 0 Å². The van der Waals surface area contributed by atoms with Gasteiger partial charge in [0.2, 0.25) is 0 Å². The maximum absolute atomic E-state index is 4.34. The van der Waals surface area contributed by atoms with Gasteiger partial charge >= 0.3 is 0 Å². The first-order chi connectivity index (χ1) is 12.1. The van der Waals surface area contributed by atoms with Gasteiger partial charge in [0.1, 0.15) is 0 Å². The van der Waals surface area contributed by atoms with Crippen LogP contribution in [0.4, 0.5) is 0 Å². The fraction of sp³-hybridized carbons (Fsp3) is 0.500. The third-order valence-electron chi connectivity index (χ3n) is 4.07. The fourth-order valence-electron chi connectivity index (χ4n) is 2.74. The lowest BCUT2D eigenvalue weighted by Crippen LogP contribution is -2.49. The molecule has 0 amide bonds. The van der Waals surface area contributed by atoms with Gasteiger partial charge in [0.25, 0.3) is 0 Å². The first-order valence-corrected chi connectivity index (χ1v) is 8.92. The molecule has 1 atom stereocenters. The summed E-state index contributed by atoms with van der Waals surface area (Å²) in [6.07, 6.45) is 6.58. The summed E-state index contributed by atoms with van der Waals surface area (Å²) in [5.74, 6) is 1.33. The predicted octanol–water partition coefficient (Wildman–Crippen LogP) is 2.49. The molecule has 1 heterocycles. The zero-order valence-corrected chi connectivity index (χ0v) is 15.9. The van der Waals surface area contributed by atoms with Crippen LogP contribution in [0.15, 0.2) is 54.7 Å². The molecule has 1 unspecified atom stereocenters. The topological polar surface area (TPSA) is 52.5 Å². The molecular weight excluding hydrogens is 310 g/mol. The molecule has 0 aliphatic rings. The number of guanidine groups is 1. The van der Waals surface area contributed by atoms with Gasteiger partial charge in [-0.2, -0.15) is 0 Å². The average molecular weight is 344 g/mol. The van der Waals surface area contributed by atoms with E-state index in [2.05, 4.69) is 52.5 Å². The summed E-state index contributed by atoms with van der Waals surface area (Å²) >= 11 is 0. The van der Waals surface area contributed by atoms with Crippen molar-refractivity contribution in [2.24, 2.45) is 10.9 Å². The zero-order chi connectivity index (χ0) is 18.5. The molecule has 0 aliphatic carbocycles. The molecule has 5 nitrogen and oxygen atoms in total. The van der Waals surface area contributed by atoms with Crippen molar-refractivity contribution >= 4 is 5.96 Å². The van der Waals surface area contributed by atoms with Crippen LogP contribution in [0.25, 0.3) is 0 Å². The zero-order valence-electron chi connectivity index (χ0n) is 15.9. The van der Waals surface area contributed by atoms with Gasteiger partial charge in [0, 0.05) is 57.6 Å². The van der Waals surface area contributed by atoms with Crippen molar-refractivity contribution in [1.82, 2.24) is 20.5 Å². The molecule has 0 bridgehead atoms. The van der Waals surface area contributed by atoms with Crippen LogP contribution in [0.1, 0.15) is 19.5 Å². The second-order valence-corrected chi connectivity index (χ2v) is 6.29. The molecule has 0 saturated heterocycles. The SMILES string of the molecule is C=CCN(CC=C)C(CNC(=NC)NCCc1ccccn1)C(C)C. The van der Waals surface area contributed by atoms with Crippen molar-refractivity contribution in [1.29, 1.82) is 0 Å². The first-order valence-electron chi connectivity index (χ1n) is 8.92. The summed E-state index contributed by atoms with van der Waals surface area (Å²) < 4.78 is 0. The molecule has 5 heteroatoms. The van der Waals surface area contributed by atoms with Crippen molar-refractivity contribution in [3.8, 4) is 0 Å². The van der Waals surface area contributed by atoms with Gasteiger partial charge in [0.15, 0.2) is 5.96 Å². The third kappa shape index (κ3) is 7.98. The lowest BCUT2D eigenvalue weighted by atomic mass is 10.0. The van der Waals surface area contributed by atoms with Crippen LogP contribution in [-0.4, -0.2) is 55.1 Å². The number of pyridine rings is 1. The Bertz CT molecular complexity index is 514. The van der Waals surface area contributed by atoms with E-state index in [9.17, 15) is 0 Å². The van der Waals surface area contributed by atoms with Crippen LogP contribution < -0.4 is 10.6 Å². The summed E-state index contributed by atoms with van der Waals surface area (Å²) in [6, 6.07) is 6.36. The number of aromatic nitrogens is 1. The van der Waals surface area contributed by atoms with E-state index < -0.39 is 0 Å². The Morgan fingerprint density at radius 3 is 2.48 bits per heavy atom. The Morgan fingerprint density at radius 1 is 1.24 bits per heavy atom. The van der Waals surface area contributed by atoms with E-state index in [1.54, 1.807) is 7.05 Å². The highest BCUT2D eigenvalue weighted by molar-refractivity contribution is 5.79. The van der Waals surface area contributed by atoms with Gasteiger partial charge in [-0.1, -0.05) is 32.1 Å². The minimum Gasteiger partial charge on any atom is -0.356 e. The Balaban J connectivity index is 2.51. The summed E-state index contributed by atoms with van der Waals surface area (Å²) in [4.78, 5) is 11.0. The highest BCUT2D eigenvalue weighted by Crippen LogP contribution is 2.10. The number of hydrogen-bond acceptors (Lipinski definition) is 3. The maximum Gasteiger partial charge on any atom is 0.191 e. The summed E-state index contributed by atoms with van der Waals surface area (Å²) in [5, 5.41) is 6.80. The Morgan fingerprint density at radius 2 is 1.96 bits per heavy atom. The van der Waals surface area contributed by atoms with E-state index in [0.717, 1.165) is 44.3 Å². The van der Waals surface area contributed by atoms with E-state index in [1.807, 2.05) is 36.5 Å². The summed E-state index contributed by atoms with van der Waals surface area (Å²) in [7, 11) is 1.80. The van der Waals surface area contributed by atoms with E-state index in [4.69, 9.17) is 0 Å². The second kappa shape index (κ2) is 12.3.